The normalized spacial score (nSPS) is 11.1. The van der Waals surface area contributed by atoms with Crippen molar-refractivity contribution in [3.8, 4) is 11.8 Å². The van der Waals surface area contributed by atoms with Gasteiger partial charge in [0.1, 0.15) is 17.6 Å². The molecule has 0 saturated carbocycles. The minimum absolute atomic E-state index is 0.0789. The molecule has 0 unspecified atom stereocenters. The zero-order chi connectivity index (χ0) is 23.5. The lowest BCUT2D eigenvalue weighted by molar-refractivity contribution is 0.0688. The van der Waals surface area contributed by atoms with Crippen LogP contribution in [0, 0.1) is 11.3 Å². The van der Waals surface area contributed by atoms with Gasteiger partial charge in [-0.05, 0) is 42.3 Å². The summed E-state index contributed by atoms with van der Waals surface area (Å²) in [4.78, 5) is 16.4. The summed E-state index contributed by atoms with van der Waals surface area (Å²) in [6, 6.07) is 16.4. The van der Waals surface area contributed by atoms with Crippen molar-refractivity contribution in [2.45, 2.75) is 39.3 Å². The quantitative estimate of drug-likeness (QED) is 0.386. The third kappa shape index (κ3) is 4.23. The number of imidazole rings is 1. The molecule has 8 heteroatoms. The number of para-hydroxylation sites is 1. The number of aliphatic hydroxyl groups is 1. The number of nitrogens with zero attached hydrogens (tertiary/aromatic N) is 4. The number of nitriles is 1. The average molecular weight is 463 g/mol. The van der Waals surface area contributed by atoms with E-state index in [1.165, 1.54) is 0 Å². The molecule has 0 radical (unpaired) electrons. The van der Waals surface area contributed by atoms with E-state index in [0.29, 0.717) is 34.2 Å². The average Bonchev–Trinajstić information content (AvgIpc) is 3.34. The van der Waals surface area contributed by atoms with Gasteiger partial charge in [-0.25, -0.2) is 9.78 Å². The molecule has 0 amide bonds. The Balaban J connectivity index is 1.81. The fraction of sp³-hybridized carbons (Fsp3) is 0.240. The number of rotatable bonds is 8. The lowest BCUT2D eigenvalue weighted by atomic mass is 10.1. The first-order valence-corrected chi connectivity index (χ1v) is 11.1. The lowest BCUT2D eigenvalue weighted by Crippen LogP contribution is -2.09. The lowest BCUT2D eigenvalue weighted by Gasteiger charge is -2.12. The number of halogens is 1. The van der Waals surface area contributed by atoms with Gasteiger partial charge in [0.05, 0.1) is 29.1 Å². The van der Waals surface area contributed by atoms with Gasteiger partial charge in [0.15, 0.2) is 5.15 Å². The van der Waals surface area contributed by atoms with Crippen molar-refractivity contribution in [3.05, 3.63) is 82.0 Å². The van der Waals surface area contributed by atoms with Gasteiger partial charge in [0.2, 0.25) is 0 Å². The van der Waals surface area contributed by atoms with Gasteiger partial charge in [-0.2, -0.15) is 5.26 Å². The van der Waals surface area contributed by atoms with Gasteiger partial charge in [-0.15, -0.1) is 0 Å². The van der Waals surface area contributed by atoms with Crippen LogP contribution in [-0.2, 0) is 19.6 Å². The summed E-state index contributed by atoms with van der Waals surface area (Å²) in [5, 5.41) is 30.2. The molecule has 0 aliphatic carbocycles. The Morgan fingerprint density at radius 1 is 1.21 bits per heavy atom. The van der Waals surface area contributed by atoms with Gasteiger partial charge >= 0.3 is 5.97 Å². The zero-order valence-corrected chi connectivity index (χ0v) is 18.9. The highest BCUT2D eigenvalue weighted by Crippen LogP contribution is 2.28. The molecule has 33 heavy (non-hydrogen) atoms. The topological polar surface area (TPSA) is 104 Å². The van der Waals surface area contributed by atoms with E-state index in [1.54, 1.807) is 34.9 Å². The first-order chi connectivity index (χ1) is 16.0. The molecular formula is C25H23ClN4O3. The van der Waals surface area contributed by atoms with E-state index in [1.807, 2.05) is 22.8 Å². The second-order valence-electron chi connectivity index (χ2n) is 7.81. The van der Waals surface area contributed by atoms with Crippen molar-refractivity contribution in [2.24, 2.45) is 0 Å². The smallest absolute Gasteiger partial charge is 0.352 e. The number of aromatic carboxylic acids is 1. The Hall–Kier alpha value is -3.60. The first kappa shape index (κ1) is 22.6. The molecule has 2 aromatic heterocycles. The largest absolute Gasteiger partial charge is 0.477 e. The molecule has 4 aromatic rings. The summed E-state index contributed by atoms with van der Waals surface area (Å²) in [6.07, 6.45) is 2.73. The second-order valence-corrected chi connectivity index (χ2v) is 8.16. The first-order valence-electron chi connectivity index (χ1n) is 10.7. The van der Waals surface area contributed by atoms with Crippen molar-refractivity contribution in [1.82, 2.24) is 14.1 Å². The summed E-state index contributed by atoms with van der Waals surface area (Å²) in [5.41, 5.74) is 3.17. The van der Waals surface area contributed by atoms with Crippen LogP contribution in [0.2, 0.25) is 5.15 Å². The fourth-order valence-corrected chi connectivity index (χ4v) is 4.35. The van der Waals surface area contributed by atoms with E-state index < -0.39 is 5.97 Å². The summed E-state index contributed by atoms with van der Waals surface area (Å²) in [6.45, 7) is 2.34. The number of fused-ring (bicyclic) bond motifs is 1. The molecule has 0 saturated heterocycles. The third-order valence-electron chi connectivity index (χ3n) is 5.70. The van der Waals surface area contributed by atoms with Crippen molar-refractivity contribution in [2.75, 3.05) is 0 Å². The summed E-state index contributed by atoms with van der Waals surface area (Å²) in [7, 11) is 0. The van der Waals surface area contributed by atoms with Crippen molar-refractivity contribution in [3.63, 3.8) is 0 Å². The molecule has 0 bridgehead atoms. The van der Waals surface area contributed by atoms with Crippen LogP contribution < -0.4 is 0 Å². The maximum atomic E-state index is 12.0. The van der Waals surface area contributed by atoms with Gasteiger partial charge in [-0.1, -0.05) is 43.1 Å². The highest BCUT2D eigenvalue weighted by atomic mass is 35.5. The SMILES string of the molecule is CCCCc1nc(Cl)c(CO)n1Cc1ccc2c(c1)cc(C(=O)O)n2-c1ccccc1C#N. The van der Waals surface area contributed by atoms with Crippen LogP contribution in [-0.4, -0.2) is 30.3 Å². The number of carboxylic acid groups (broad SMARTS) is 1. The minimum Gasteiger partial charge on any atom is -0.477 e. The molecule has 0 aliphatic rings. The molecule has 2 N–H and O–H groups in total. The van der Waals surface area contributed by atoms with Crippen LogP contribution in [0.3, 0.4) is 0 Å². The van der Waals surface area contributed by atoms with E-state index in [0.717, 1.165) is 36.0 Å². The van der Waals surface area contributed by atoms with Crippen molar-refractivity contribution < 1.29 is 15.0 Å². The molecule has 0 fully saturated rings. The van der Waals surface area contributed by atoms with Crippen LogP contribution in [0.5, 0.6) is 0 Å². The van der Waals surface area contributed by atoms with E-state index in [-0.39, 0.29) is 12.3 Å². The van der Waals surface area contributed by atoms with E-state index in [4.69, 9.17) is 11.6 Å². The number of aromatic nitrogens is 3. The molecule has 2 aromatic carbocycles. The zero-order valence-electron chi connectivity index (χ0n) is 18.1. The van der Waals surface area contributed by atoms with E-state index >= 15 is 0 Å². The fourth-order valence-electron chi connectivity index (χ4n) is 4.09. The standard InChI is InChI=1S/C25H23ClN4O3/c1-2-3-8-23-28-24(26)22(15-31)29(23)14-16-9-10-20-18(11-16)12-21(25(32)33)30(20)19-7-5-4-6-17(19)13-27/h4-7,9-12,31H,2-3,8,14-15H2,1H3,(H,32,33). The Bertz CT molecular complexity index is 1380. The van der Waals surface area contributed by atoms with Gasteiger partial charge in [0.25, 0.3) is 0 Å². The monoisotopic (exact) mass is 462 g/mol. The van der Waals surface area contributed by atoms with Gasteiger partial charge < -0.3 is 19.3 Å². The predicted octanol–water partition coefficient (Wildman–Crippen LogP) is 4.93. The molecule has 0 atom stereocenters. The van der Waals surface area contributed by atoms with Crippen molar-refractivity contribution >= 4 is 28.5 Å². The van der Waals surface area contributed by atoms with Crippen LogP contribution in [0.4, 0.5) is 0 Å². The summed E-state index contributed by atoms with van der Waals surface area (Å²) in [5.74, 6) is -0.260. The summed E-state index contributed by atoms with van der Waals surface area (Å²) < 4.78 is 3.53. The minimum atomic E-state index is -1.08. The number of carbonyl (C=O) groups is 1. The van der Waals surface area contributed by atoms with Gasteiger partial charge in [-0.3, -0.25) is 0 Å². The van der Waals surface area contributed by atoms with Crippen LogP contribution in [0.25, 0.3) is 16.6 Å². The number of aliphatic hydroxyl groups excluding tert-OH is 1. The highest BCUT2D eigenvalue weighted by molar-refractivity contribution is 6.30. The van der Waals surface area contributed by atoms with E-state index in [2.05, 4.69) is 18.0 Å². The summed E-state index contributed by atoms with van der Waals surface area (Å²) >= 11 is 6.26. The van der Waals surface area contributed by atoms with E-state index in [9.17, 15) is 20.3 Å². The number of benzene rings is 2. The number of unbranched alkanes of at least 4 members (excludes halogenated alkanes) is 1. The number of hydrogen-bond acceptors (Lipinski definition) is 4. The van der Waals surface area contributed by atoms with Crippen molar-refractivity contribution in [1.29, 1.82) is 5.26 Å². The maximum Gasteiger partial charge on any atom is 0.352 e. The maximum absolute atomic E-state index is 12.0. The number of aryl methyl sites for hydroxylation is 1. The van der Waals surface area contributed by atoms with Crippen LogP contribution in [0.15, 0.2) is 48.5 Å². The Kier molecular flexibility index (Phi) is 6.50. The van der Waals surface area contributed by atoms with Crippen LogP contribution >= 0.6 is 11.6 Å². The Labute approximate surface area is 196 Å². The highest BCUT2D eigenvalue weighted by Gasteiger charge is 2.19. The number of carboxylic acids is 1. The predicted molar refractivity (Wildman–Crippen MR) is 126 cm³/mol. The Morgan fingerprint density at radius 3 is 2.70 bits per heavy atom. The van der Waals surface area contributed by atoms with Crippen LogP contribution in [0.1, 0.15) is 52.9 Å². The van der Waals surface area contributed by atoms with Gasteiger partial charge in [0, 0.05) is 18.4 Å². The number of hydrogen-bond donors (Lipinski definition) is 2. The molecule has 0 aliphatic heterocycles. The Morgan fingerprint density at radius 2 is 2.00 bits per heavy atom. The molecule has 2 heterocycles. The molecule has 4 rings (SSSR count). The molecule has 7 nitrogen and oxygen atoms in total. The molecule has 0 spiro atoms. The molecular weight excluding hydrogens is 440 g/mol. The molecule has 168 valence electrons. The second kappa shape index (κ2) is 9.49. The third-order valence-corrected chi connectivity index (χ3v) is 6.00.